The molecular weight excluding hydrogens is 319 g/mol. The molecule has 0 saturated heterocycles. The molecule has 4 nitrogen and oxygen atoms in total. The van der Waals surface area contributed by atoms with Gasteiger partial charge < -0.3 is 10.6 Å². The van der Waals surface area contributed by atoms with Crippen molar-refractivity contribution in [2.75, 3.05) is 17.2 Å². The highest BCUT2D eigenvalue weighted by molar-refractivity contribution is 6.44. The summed E-state index contributed by atoms with van der Waals surface area (Å²) in [5.41, 5.74) is 0.640. The summed E-state index contributed by atoms with van der Waals surface area (Å²) in [5, 5.41) is 7.52. The molecule has 0 aliphatic rings. The van der Waals surface area contributed by atoms with E-state index in [0.717, 1.165) is 13.0 Å². The van der Waals surface area contributed by atoms with E-state index in [4.69, 9.17) is 34.8 Å². The van der Waals surface area contributed by atoms with Crippen molar-refractivity contribution in [1.29, 1.82) is 0 Å². The van der Waals surface area contributed by atoms with Gasteiger partial charge in [-0.05, 0) is 24.6 Å². The number of aromatic nitrogens is 2. The molecule has 2 N–H and O–H groups in total. The summed E-state index contributed by atoms with van der Waals surface area (Å²) in [6, 6.07) is 4.99. The van der Waals surface area contributed by atoms with Crippen LogP contribution in [-0.4, -0.2) is 16.5 Å². The minimum atomic E-state index is 0.412. The second kappa shape index (κ2) is 6.97. The van der Waals surface area contributed by atoms with Gasteiger partial charge in [-0.3, -0.25) is 0 Å². The lowest BCUT2D eigenvalue weighted by molar-refractivity contribution is 0.953. The molecule has 1 aromatic heterocycles. The first-order chi connectivity index (χ1) is 9.60. The van der Waals surface area contributed by atoms with Crippen LogP contribution in [0.4, 0.5) is 17.5 Å². The minimum Gasteiger partial charge on any atom is -0.354 e. The number of nitrogens with zero attached hydrogens (tertiary/aromatic N) is 2. The zero-order valence-electron chi connectivity index (χ0n) is 10.8. The molecule has 2 rings (SSSR count). The molecule has 0 aliphatic carbocycles. The maximum Gasteiger partial charge on any atom is 0.224 e. The SMILES string of the molecule is CCCNc1nccc(Nc2cc(Cl)c(Cl)cc2Cl)n1. The van der Waals surface area contributed by atoms with Gasteiger partial charge in [-0.1, -0.05) is 41.7 Å². The van der Waals surface area contributed by atoms with Crippen LogP contribution in [0.1, 0.15) is 13.3 Å². The van der Waals surface area contributed by atoms with Gasteiger partial charge in [0.15, 0.2) is 0 Å². The highest BCUT2D eigenvalue weighted by Gasteiger charge is 2.07. The first-order valence-electron chi connectivity index (χ1n) is 6.08. The van der Waals surface area contributed by atoms with E-state index >= 15 is 0 Å². The summed E-state index contributed by atoms with van der Waals surface area (Å²) >= 11 is 18.0. The summed E-state index contributed by atoms with van der Waals surface area (Å²) in [7, 11) is 0. The van der Waals surface area contributed by atoms with Crippen LogP contribution < -0.4 is 10.6 Å². The lowest BCUT2D eigenvalue weighted by atomic mass is 10.3. The predicted molar refractivity (Wildman–Crippen MR) is 85.6 cm³/mol. The van der Waals surface area contributed by atoms with Crippen molar-refractivity contribution in [2.24, 2.45) is 0 Å². The molecule has 0 aliphatic heterocycles. The topological polar surface area (TPSA) is 49.8 Å². The summed E-state index contributed by atoms with van der Waals surface area (Å²) in [4.78, 5) is 8.46. The van der Waals surface area contributed by atoms with Gasteiger partial charge in [-0.2, -0.15) is 4.98 Å². The highest BCUT2D eigenvalue weighted by atomic mass is 35.5. The normalized spacial score (nSPS) is 10.4. The smallest absolute Gasteiger partial charge is 0.224 e. The molecule has 1 aromatic carbocycles. The third-order valence-electron chi connectivity index (χ3n) is 2.46. The Hall–Kier alpha value is -1.23. The van der Waals surface area contributed by atoms with Crippen LogP contribution in [0.25, 0.3) is 0 Å². The first kappa shape index (κ1) is 15.2. The molecule has 2 aromatic rings. The van der Waals surface area contributed by atoms with E-state index in [0.29, 0.717) is 32.5 Å². The molecule has 0 spiro atoms. The maximum absolute atomic E-state index is 6.11. The highest BCUT2D eigenvalue weighted by Crippen LogP contribution is 2.33. The largest absolute Gasteiger partial charge is 0.354 e. The van der Waals surface area contributed by atoms with Crippen LogP contribution in [0.15, 0.2) is 24.4 Å². The van der Waals surface area contributed by atoms with E-state index in [1.165, 1.54) is 0 Å². The van der Waals surface area contributed by atoms with Gasteiger partial charge in [0, 0.05) is 12.7 Å². The molecule has 106 valence electrons. The zero-order valence-corrected chi connectivity index (χ0v) is 13.0. The average Bonchev–Trinajstić information content (AvgIpc) is 2.43. The van der Waals surface area contributed by atoms with E-state index in [-0.39, 0.29) is 0 Å². The third kappa shape index (κ3) is 3.88. The van der Waals surface area contributed by atoms with Crippen molar-refractivity contribution in [2.45, 2.75) is 13.3 Å². The zero-order chi connectivity index (χ0) is 14.5. The quantitative estimate of drug-likeness (QED) is 0.757. The Morgan fingerprint density at radius 1 is 1.10 bits per heavy atom. The van der Waals surface area contributed by atoms with Gasteiger partial charge in [-0.25, -0.2) is 4.98 Å². The number of rotatable bonds is 5. The Kier molecular flexibility index (Phi) is 5.29. The Balaban J connectivity index is 2.19. The maximum atomic E-state index is 6.11. The lowest BCUT2D eigenvalue weighted by Gasteiger charge is -2.10. The van der Waals surface area contributed by atoms with E-state index in [2.05, 4.69) is 27.5 Å². The Labute approximate surface area is 132 Å². The summed E-state index contributed by atoms with van der Waals surface area (Å²) in [6.07, 6.45) is 2.67. The van der Waals surface area contributed by atoms with Crippen LogP contribution in [0.3, 0.4) is 0 Å². The van der Waals surface area contributed by atoms with Gasteiger partial charge in [0.1, 0.15) is 5.82 Å². The number of hydrogen-bond donors (Lipinski definition) is 2. The fourth-order valence-electron chi connectivity index (χ4n) is 1.51. The van der Waals surface area contributed by atoms with Crippen molar-refractivity contribution in [1.82, 2.24) is 9.97 Å². The van der Waals surface area contributed by atoms with Crippen LogP contribution >= 0.6 is 34.8 Å². The monoisotopic (exact) mass is 330 g/mol. The van der Waals surface area contributed by atoms with E-state index < -0.39 is 0 Å². The molecule has 0 bridgehead atoms. The fourth-order valence-corrected chi connectivity index (χ4v) is 2.10. The van der Waals surface area contributed by atoms with Gasteiger partial charge in [0.2, 0.25) is 5.95 Å². The standard InChI is InChI=1S/C13H13Cl3N4/c1-2-4-17-13-18-5-3-12(20-13)19-11-7-9(15)8(14)6-10(11)16/h3,5-7H,2,4H2,1H3,(H2,17,18,19,20). The minimum absolute atomic E-state index is 0.412. The van der Waals surface area contributed by atoms with Gasteiger partial charge in [0.05, 0.1) is 20.8 Å². The van der Waals surface area contributed by atoms with Crippen molar-refractivity contribution >= 4 is 52.3 Å². The number of nitrogens with one attached hydrogen (secondary N) is 2. The molecule has 0 atom stereocenters. The number of hydrogen-bond acceptors (Lipinski definition) is 4. The Morgan fingerprint density at radius 2 is 1.85 bits per heavy atom. The van der Waals surface area contributed by atoms with Crippen LogP contribution in [0.5, 0.6) is 0 Å². The molecule has 1 heterocycles. The van der Waals surface area contributed by atoms with Crippen molar-refractivity contribution < 1.29 is 0 Å². The third-order valence-corrected chi connectivity index (χ3v) is 3.50. The number of anilines is 3. The fraction of sp³-hybridized carbons (Fsp3) is 0.231. The molecule has 0 saturated carbocycles. The average molecular weight is 332 g/mol. The molecule has 0 unspecified atom stereocenters. The van der Waals surface area contributed by atoms with Gasteiger partial charge in [0.25, 0.3) is 0 Å². The molecular formula is C13H13Cl3N4. The van der Waals surface area contributed by atoms with E-state index in [1.54, 1.807) is 24.4 Å². The number of halogens is 3. The molecule has 20 heavy (non-hydrogen) atoms. The van der Waals surface area contributed by atoms with E-state index in [1.807, 2.05) is 0 Å². The number of benzene rings is 1. The second-order valence-electron chi connectivity index (χ2n) is 4.06. The van der Waals surface area contributed by atoms with Gasteiger partial charge in [-0.15, -0.1) is 0 Å². The molecule has 0 amide bonds. The molecule has 0 radical (unpaired) electrons. The Morgan fingerprint density at radius 3 is 2.60 bits per heavy atom. The van der Waals surface area contributed by atoms with Crippen LogP contribution in [0, 0.1) is 0 Å². The summed E-state index contributed by atoms with van der Waals surface area (Å²) in [5.74, 6) is 1.19. The second-order valence-corrected chi connectivity index (χ2v) is 5.29. The predicted octanol–water partition coefficient (Wildman–Crippen LogP) is 5.00. The van der Waals surface area contributed by atoms with Crippen molar-refractivity contribution in [3.05, 3.63) is 39.5 Å². The first-order valence-corrected chi connectivity index (χ1v) is 7.22. The molecule has 0 fully saturated rings. The van der Waals surface area contributed by atoms with Crippen LogP contribution in [0.2, 0.25) is 15.1 Å². The van der Waals surface area contributed by atoms with Gasteiger partial charge >= 0.3 is 0 Å². The lowest BCUT2D eigenvalue weighted by Crippen LogP contribution is -2.05. The Bertz CT molecular complexity index is 604. The van der Waals surface area contributed by atoms with Crippen molar-refractivity contribution in [3.63, 3.8) is 0 Å². The molecule has 7 heteroatoms. The van der Waals surface area contributed by atoms with Crippen LogP contribution in [-0.2, 0) is 0 Å². The summed E-state index contributed by atoms with van der Waals surface area (Å²) < 4.78 is 0. The van der Waals surface area contributed by atoms with E-state index in [9.17, 15) is 0 Å². The summed E-state index contributed by atoms with van der Waals surface area (Å²) in [6.45, 7) is 2.89. The van der Waals surface area contributed by atoms with Crippen molar-refractivity contribution in [3.8, 4) is 0 Å².